The molecule has 0 aliphatic heterocycles. The maximum atomic E-state index is 12.2. The monoisotopic (exact) mass is 463 g/mol. The molecule has 0 fully saturated rings. The van der Waals surface area contributed by atoms with E-state index in [0.717, 1.165) is 11.1 Å². The van der Waals surface area contributed by atoms with Crippen molar-refractivity contribution >= 4 is 13.5 Å². The smallest absolute Gasteiger partial charge is 0.407 e. The number of carbonyl (C=O) groups is 1. The Labute approximate surface area is 190 Å². The molecule has 2 aromatic rings. The number of hydrogen-bond acceptors (Lipinski definition) is 5. The summed E-state index contributed by atoms with van der Waals surface area (Å²) in [5, 5.41) is 2.74. The zero-order chi connectivity index (χ0) is 23.5. The van der Waals surface area contributed by atoms with Crippen LogP contribution in [-0.4, -0.2) is 42.2 Å². The minimum Gasteiger partial charge on any atom is -0.484 e. The largest absolute Gasteiger partial charge is 0.484 e. The molecule has 32 heavy (non-hydrogen) atoms. The van der Waals surface area contributed by atoms with Crippen LogP contribution in [0.25, 0.3) is 0 Å². The molecule has 0 aromatic heterocycles. The van der Waals surface area contributed by atoms with Crippen molar-refractivity contribution in [2.45, 2.75) is 45.8 Å². The Morgan fingerprint density at radius 1 is 1.03 bits per heavy atom. The second kappa shape index (κ2) is 12.6. The summed E-state index contributed by atoms with van der Waals surface area (Å²) in [6.07, 6.45) is 0.740. The Kier molecular flexibility index (Phi) is 10.2. The van der Waals surface area contributed by atoms with Crippen LogP contribution in [0.2, 0.25) is 0 Å². The molecule has 0 saturated carbocycles. The van der Waals surface area contributed by atoms with Gasteiger partial charge in [0, 0.05) is 19.3 Å². The molecule has 0 radical (unpaired) electrons. The van der Waals surface area contributed by atoms with E-state index in [0.29, 0.717) is 38.3 Å². The van der Waals surface area contributed by atoms with Crippen LogP contribution < -0.4 is 10.1 Å². The summed E-state index contributed by atoms with van der Waals surface area (Å²) in [6.45, 7) is 6.83. The van der Waals surface area contributed by atoms with Gasteiger partial charge in [0.2, 0.25) is 7.37 Å². The van der Waals surface area contributed by atoms with Gasteiger partial charge >= 0.3 is 6.09 Å². The Morgan fingerprint density at radius 2 is 1.69 bits per heavy atom. The number of nitrogens with one attached hydrogen (secondary N) is 1. The second-order valence-electron chi connectivity index (χ2n) is 8.56. The fourth-order valence-electron chi connectivity index (χ4n) is 2.79. The summed E-state index contributed by atoms with van der Waals surface area (Å²) in [6, 6.07) is 17.0. The number of rotatable bonds is 12. The summed E-state index contributed by atoms with van der Waals surface area (Å²) in [7, 11) is -3.35. The average molecular weight is 464 g/mol. The first kappa shape index (κ1) is 25.9. The number of carbonyl (C=O) groups excluding carboxylic acids is 1. The van der Waals surface area contributed by atoms with Crippen LogP contribution >= 0.6 is 7.37 Å². The predicted octanol–water partition coefficient (Wildman–Crippen LogP) is 4.97. The zero-order valence-corrected chi connectivity index (χ0v) is 20.0. The van der Waals surface area contributed by atoms with Crippen LogP contribution in [0.5, 0.6) is 5.75 Å². The van der Waals surface area contributed by atoms with Gasteiger partial charge in [-0.25, -0.2) is 4.79 Å². The fourth-order valence-corrected chi connectivity index (χ4v) is 3.89. The van der Waals surface area contributed by atoms with Gasteiger partial charge in [0.25, 0.3) is 0 Å². The maximum absolute atomic E-state index is 12.2. The van der Waals surface area contributed by atoms with E-state index in [1.54, 1.807) is 12.1 Å². The average Bonchev–Trinajstić information content (AvgIpc) is 2.73. The molecule has 0 bridgehead atoms. The van der Waals surface area contributed by atoms with Crippen LogP contribution in [0.1, 0.15) is 38.3 Å². The molecule has 2 aromatic carbocycles. The van der Waals surface area contributed by atoms with Crippen LogP contribution in [0, 0.1) is 0 Å². The number of alkyl carbamates (subject to hydrolysis) is 1. The summed E-state index contributed by atoms with van der Waals surface area (Å²) < 4.78 is 28.4. The highest BCUT2D eigenvalue weighted by molar-refractivity contribution is 7.57. The number of amides is 1. The first-order valence-corrected chi connectivity index (χ1v) is 12.8. The van der Waals surface area contributed by atoms with Crippen molar-refractivity contribution in [1.82, 2.24) is 5.32 Å². The van der Waals surface area contributed by atoms with Gasteiger partial charge in [0.15, 0.2) is 6.35 Å². The van der Waals surface area contributed by atoms with E-state index in [-0.39, 0.29) is 12.5 Å². The van der Waals surface area contributed by atoms with Crippen LogP contribution in [0.3, 0.4) is 0 Å². The quantitative estimate of drug-likeness (QED) is 0.341. The van der Waals surface area contributed by atoms with E-state index >= 15 is 0 Å². The summed E-state index contributed by atoms with van der Waals surface area (Å²) in [5.41, 5.74) is 1.62. The predicted molar refractivity (Wildman–Crippen MR) is 125 cm³/mol. The van der Waals surface area contributed by atoms with Gasteiger partial charge in [-0.2, -0.15) is 0 Å². The minimum atomic E-state index is -3.35. The molecule has 2 rings (SSSR count). The molecule has 0 heterocycles. The van der Waals surface area contributed by atoms with Crippen molar-refractivity contribution in [2.24, 2.45) is 0 Å². The van der Waals surface area contributed by atoms with Gasteiger partial charge in [-0.05, 0) is 56.9 Å². The highest BCUT2D eigenvalue weighted by Gasteiger charge is 2.19. The van der Waals surface area contributed by atoms with Gasteiger partial charge in [0.05, 0.1) is 6.61 Å². The third-order valence-corrected chi connectivity index (χ3v) is 5.89. The molecule has 2 N–H and O–H groups in total. The molecule has 8 heteroatoms. The lowest BCUT2D eigenvalue weighted by atomic mass is 10.1. The van der Waals surface area contributed by atoms with E-state index in [9.17, 15) is 14.3 Å². The van der Waals surface area contributed by atoms with Gasteiger partial charge < -0.3 is 24.4 Å². The highest BCUT2D eigenvalue weighted by atomic mass is 31.2. The number of hydrogen-bond donors (Lipinski definition) is 2. The second-order valence-corrected chi connectivity index (χ2v) is 11.0. The molecule has 7 nitrogen and oxygen atoms in total. The van der Waals surface area contributed by atoms with Gasteiger partial charge in [-0.15, -0.1) is 0 Å². The molecule has 1 atom stereocenters. The molecule has 0 spiro atoms. The fraction of sp³-hybridized carbons (Fsp3) is 0.458. The topological polar surface area (TPSA) is 94.1 Å². The Balaban J connectivity index is 1.59. The van der Waals surface area contributed by atoms with Crippen LogP contribution in [0.15, 0.2) is 54.6 Å². The standard InChI is InChI=1S/C24H34NO6P/c1-24(2,3)31-23(26)25-15-14-20-10-12-21(13-11-20)18-29-16-7-17-32(27,28)19-30-22-8-5-4-6-9-22/h4-6,8-13H,7,14-19H2,1-3H3,(H,25,26)(H,27,28). The molecule has 1 amide bonds. The SMILES string of the molecule is CC(C)(C)OC(=O)NCCc1ccc(COCCCP(=O)(O)COc2ccccc2)cc1. The minimum absolute atomic E-state index is 0.156. The zero-order valence-electron chi connectivity index (χ0n) is 19.1. The Morgan fingerprint density at radius 3 is 2.34 bits per heavy atom. The van der Waals surface area contributed by atoms with Crippen molar-refractivity contribution < 1.29 is 28.5 Å². The summed E-state index contributed by atoms with van der Waals surface area (Å²) >= 11 is 0. The number of benzene rings is 2. The highest BCUT2D eigenvalue weighted by Crippen LogP contribution is 2.41. The van der Waals surface area contributed by atoms with Crippen molar-refractivity contribution in [3.8, 4) is 5.75 Å². The van der Waals surface area contributed by atoms with Crippen molar-refractivity contribution in [2.75, 3.05) is 25.7 Å². The lowest BCUT2D eigenvalue weighted by Crippen LogP contribution is -2.33. The van der Waals surface area contributed by atoms with Gasteiger partial charge in [-0.3, -0.25) is 4.57 Å². The van der Waals surface area contributed by atoms with Crippen LogP contribution in [0.4, 0.5) is 4.79 Å². The van der Waals surface area contributed by atoms with Crippen molar-refractivity contribution in [3.63, 3.8) is 0 Å². The van der Waals surface area contributed by atoms with Gasteiger partial charge in [-0.1, -0.05) is 42.5 Å². The molecular weight excluding hydrogens is 429 g/mol. The number of ether oxygens (including phenoxy) is 3. The molecule has 176 valence electrons. The Hall–Kier alpha value is -2.34. The van der Waals surface area contributed by atoms with E-state index in [1.807, 2.05) is 63.2 Å². The lowest BCUT2D eigenvalue weighted by molar-refractivity contribution is 0.0528. The van der Waals surface area contributed by atoms with E-state index in [1.165, 1.54) is 0 Å². The summed E-state index contributed by atoms with van der Waals surface area (Å²) in [4.78, 5) is 21.7. The molecule has 0 saturated heterocycles. The van der Waals surface area contributed by atoms with E-state index in [2.05, 4.69) is 5.32 Å². The first-order chi connectivity index (χ1) is 15.1. The first-order valence-electron chi connectivity index (χ1n) is 10.7. The molecular formula is C24H34NO6P. The third-order valence-electron chi connectivity index (χ3n) is 4.35. The summed E-state index contributed by atoms with van der Waals surface area (Å²) in [5.74, 6) is 0.585. The lowest BCUT2D eigenvalue weighted by Gasteiger charge is -2.19. The maximum Gasteiger partial charge on any atom is 0.407 e. The normalized spacial score (nSPS) is 13.2. The molecule has 0 aliphatic carbocycles. The number of para-hydroxylation sites is 1. The Bertz CT molecular complexity index is 864. The molecule has 0 aliphatic rings. The van der Waals surface area contributed by atoms with Gasteiger partial charge in [0.1, 0.15) is 11.4 Å². The van der Waals surface area contributed by atoms with Crippen LogP contribution in [-0.2, 0) is 27.1 Å². The molecule has 1 unspecified atom stereocenters. The van der Waals surface area contributed by atoms with E-state index < -0.39 is 19.1 Å². The van der Waals surface area contributed by atoms with Crippen molar-refractivity contribution in [3.05, 3.63) is 65.7 Å². The third kappa shape index (κ3) is 11.3. The van der Waals surface area contributed by atoms with Crippen molar-refractivity contribution in [1.29, 1.82) is 0 Å². The van der Waals surface area contributed by atoms with E-state index in [4.69, 9.17) is 14.2 Å².